The molecule has 2 rings (SSSR count). The Hall–Kier alpha value is -0.626. The minimum atomic E-state index is -1.78. The van der Waals surface area contributed by atoms with Crippen molar-refractivity contribution < 1.29 is 8.85 Å². The van der Waals surface area contributed by atoms with Crippen LogP contribution in [0.15, 0.2) is 24.3 Å². The Kier molecular flexibility index (Phi) is 8.68. The monoisotopic (exact) mass is 463 g/mol. The van der Waals surface area contributed by atoms with Gasteiger partial charge < -0.3 is 13.8 Å². The molecule has 3 nitrogen and oxygen atoms in total. The van der Waals surface area contributed by atoms with Crippen molar-refractivity contribution in [1.29, 1.82) is 0 Å². The maximum atomic E-state index is 6.67. The van der Waals surface area contributed by atoms with Crippen LogP contribution < -0.4 is 4.90 Å². The van der Waals surface area contributed by atoms with E-state index in [1.54, 1.807) is 0 Å². The summed E-state index contributed by atoms with van der Waals surface area (Å²) in [6.45, 7) is 27.3. The number of anilines is 1. The van der Waals surface area contributed by atoms with Crippen LogP contribution in [0, 0.1) is 0 Å². The molecule has 1 fully saturated rings. The first-order valence-corrected chi connectivity index (χ1v) is 18.1. The van der Waals surface area contributed by atoms with Gasteiger partial charge in [-0.1, -0.05) is 53.7 Å². The van der Waals surface area contributed by atoms with E-state index in [0.29, 0.717) is 5.92 Å². The van der Waals surface area contributed by atoms with Crippen LogP contribution in [-0.4, -0.2) is 42.9 Å². The third kappa shape index (κ3) is 7.18. The fourth-order valence-corrected chi connectivity index (χ4v) is 5.59. The predicted molar refractivity (Wildman–Crippen MR) is 142 cm³/mol. The SMILES string of the molecule is CC(C)(C)[Si](C)(C)OCC[C@@H](CO[Si](C)(C)C(C)(C)C)c1ccc(N2CCCC2)cc1. The summed E-state index contributed by atoms with van der Waals surface area (Å²) in [5.74, 6) is 0.381. The fourth-order valence-electron chi connectivity index (χ4n) is 3.48. The van der Waals surface area contributed by atoms with Crippen molar-refractivity contribution in [2.75, 3.05) is 31.2 Å². The molecule has 0 spiro atoms. The molecule has 0 aromatic heterocycles. The first-order valence-electron chi connectivity index (χ1n) is 12.3. The highest BCUT2D eigenvalue weighted by Crippen LogP contribution is 2.39. The summed E-state index contributed by atoms with van der Waals surface area (Å²) in [6, 6.07) is 9.29. The fraction of sp³-hybridized carbons (Fsp3) is 0.769. The molecule has 0 N–H and O–H groups in total. The van der Waals surface area contributed by atoms with Crippen molar-refractivity contribution in [3.05, 3.63) is 29.8 Å². The Labute approximate surface area is 195 Å². The Morgan fingerprint density at radius 1 is 0.806 bits per heavy atom. The minimum absolute atomic E-state index is 0.231. The van der Waals surface area contributed by atoms with Gasteiger partial charge in [-0.2, -0.15) is 0 Å². The first-order chi connectivity index (χ1) is 14.1. The predicted octanol–water partition coefficient (Wildman–Crippen LogP) is 7.80. The Morgan fingerprint density at radius 3 is 1.77 bits per heavy atom. The normalized spacial score (nSPS) is 17.3. The van der Waals surface area contributed by atoms with Gasteiger partial charge in [0.1, 0.15) is 0 Å². The molecule has 0 amide bonds. The smallest absolute Gasteiger partial charge is 0.192 e. The van der Waals surface area contributed by atoms with E-state index in [-0.39, 0.29) is 10.1 Å². The Morgan fingerprint density at radius 2 is 1.29 bits per heavy atom. The molecule has 0 radical (unpaired) electrons. The summed E-state index contributed by atoms with van der Waals surface area (Å²) < 4.78 is 13.2. The highest BCUT2D eigenvalue weighted by atomic mass is 28.4. The first kappa shape index (κ1) is 26.6. The van der Waals surface area contributed by atoms with E-state index in [2.05, 4.69) is 96.9 Å². The third-order valence-electron chi connectivity index (χ3n) is 8.02. The van der Waals surface area contributed by atoms with E-state index in [4.69, 9.17) is 8.85 Å². The number of hydrogen-bond acceptors (Lipinski definition) is 3. The summed E-state index contributed by atoms with van der Waals surface area (Å²) in [7, 11) is -3.51. The molecule has 0 unspecified atom stereocenters. The van der Waals surface area contributed by atoms with Crippen molar-refractivity contribution in [2.45, 2.75) is 103 Å². The van der Waals surface area contributed by atoms with Gasteiger partial charge >= 0.3 is 0 Å². The topological polar surface area (TPSA) is 21.7 Å². The molecule has 1 aromatic carbocycles. The maximum Gasteiger partial charge on any atom is 0.192 e. The van der Waals surface area contributed by atoms with Crippen LogP contribution in [0.2, 0.25) is 36.3 Å². The molecule has 0 saturated carbocycles. The van der Waals surface area contributed by atoms with Crippen LogP contribution in [-0.2, 0) is 8.85 Å². The molecular formula is C26H49NO2Si2. The van der Waals surface area contributed by atoms with Crippen LogP contribution in [0.4, 0.5) is 5.69 Å². The molecule has 178 valence electrons. The highest BCUT2D eigenvalue weighted by molar-refractivity contribution is 6.74. The molecule has 0 bridgehead atoms. The van der Waals surface area contributed by atoms with Crippen LogP contribution >= 0.6 is 0 Å². The van der Waals surface area contributed by atoms with E-state index < -0.39 is 16.6 Å². The second kappa shape index (κ2) is 10.1. The zero-order valence-corrected chi connectivity index (χ0v) is 24.1. The molecule has 1 saturated heterocycles. The summed E-state index contributed by atoms with van der Waals surface area (Å²) in [4.78, 5) is 2.51. The summed E-state index contributed by atoms with van der Waals surface area (Å²) >= 11 is 0. The van der Waals surface area contributed by atoms with E-state index in [9.17, 15) is 0 Å². The molecule has 1 heterocycles. The molecular weight excluding hydrogens is 414 g/mol. The molecule has 31 heavy (non-hydrogen) atoms. The third-order valence-corrected chi connectivity index (χ3v) is 17.1. The van der Waals surface area contributed by atoms with Crippen LogP contribution in [0.25, 0.3) is 0 Å². The van der Waals surface area contributed by atoms with E-state index in [0.717, 1.165) is 19.6 Å². The van der Waals surface area contributed by atoms with Gasteiger partial charge in [0.15, 0.2) is 16.6 Å². The molecule has 1 atom stereocenters. The number of hydrogen-bond donors (Lipinski definition) is 0. The van der Waals surface area contributed by atoms with Crippen molar-refractivity contribution in [1.82, 2.24) is 0 Å². The summed E-state index contributed by atoms with van der Waals surface area (Å²) in [6.07, 6.45) is 3.65. The Balaban J connectivity index is 2.11. The lowest BCUT2D eigenvalue weighted by molar-refractivity contribution is 0.221. The van der Waals surface area contributed by atoms with E-state index in [1.165, 1.54) is 37.2 Å². The average Bonchev–Trinajstić information content (AvgIpc) is 3.17. The summed E-state index contributed by atoms with van der Waals surface area (Å²) in [5.41, 5.74) is 2.75. The highest BCUT2D eigenvalue weighted by Gasteiger charge is 2.39. The second-order valence-electron chi connectivity index (χ2n) is 12.5. The van der Waals surface area contributed by atoms with Gasteiger partial charge in [0, 0.05) is 37.9 Å². The lowest BCUT2D eigenvalue weighted by Gasteiger charge is -2.38. The second-order valence-corrected chi connectivity index (χ2v) is 22.1. The van der Waals surface area contributed by atoms with Crippen LogP contribution in [0.5, 0.6) is 0 Å². The molecule has 5 heteroatoms. The van der Waals surface area contributed by atoms with E-state index >= 15 is 0 Å². The largest absolute Gasteiger partial charge is 0.417 e. The number of benzene rings is 1. The average molecular weight is 464 g/mol. The van der Waals surface area contributed by atoms with Gasteiger partial charge in [0.2, 0.25) is 0 Å². The number of rotatable bonds is 9. The van der Waals surface area contributed by atoms with Crippen LogP contribution in [0.3, 0.4) is 0 Å². The molecule has 0 aliphatic carbocycles. The minimum Gasteiger partial charge on any atom is -0.417 e. The van der Waals surface area contributed by atoms with Gasteiger partial charge in [-0.15, -0.1) is 0 Å². The van der Waals surface area contributed by atoms with Gasteiger partial charge in [-0.3, -0.25) is 0 Å². The lowest BCUT2D eigenvalue weighted by Crippen LogP contribution is -2.42. The van der Waals surface area contributed by atoms with Gasteiger partial charge in [0.25, 0.3) is 0 Å². The molecule has 1 aromatic rings. The zero-order chi connectivity index (χ0) is 23.5. The zero-order valence-electron chi connectivity index (χ0n) is 22.1. The van der Waals surface area contributed by atoms with Crippen molar-refractivity contribution in [3.63, 3.8) is 0 Å². The summed E-state index contributed by atoms with van der Waals surface area (Å²) in [5, 5.41) is 0.478. The Bertz CT molecular complexity index is 681. The standard InChI is InChI=1S/C26H49NO2Si2/c1-25(2,3)30(7,8)28-20-17-23(21-29-31(9,10)26(4,5)6)22-13-15-24(16-14-22)27-18-11-12-19-27/h13-16,23H,11-12,17-21H2,1-10H3/t23-/m0/s1. The van der Waals surface area contributed by atoms with E-state index in [1.807, 2.05) is 0 Å². The van der Waals surface area contributed by atoms with Crippen molar-refractivity contribution in [3.8, 4) is 0 Å². The molecule has 1 aliphatic rings. The van der Waals surface area contributed by atoms with Crippen molar-refractivity contribution >= 4 is 22.3 Å². The van der Waals surface area contributed by atoms with Crippen LogP contribution in [0.1, 0.15) is 72.3 Å². The number of nitrogens with zero attached hydrogens (tertiary/aromatic N) is 1. The quantitative estimate of drug-likeness (QED) is 0.349. The van der Waals surface area contributed by atoms with Crippen molar-refractivity contribution in [2.24, 2.45) is 0 Å². The van der Waals surface area contributed by atoms with Gasteiger partial charge in [-0.25, -0.2) is 0 Å². The molecule has 1 aliphatic heterocycles. The lowest BCUT2D eigenvalue weighted by atomic mass is 9.97. The van der Waals surface area contributed by atoms with Gasteiger partial charge in [-0.05, 0) is 73.2 Å². The van der Waals surface area contributed by atoms with Gasteiger partial charge in [0.05, 0.1) is 0 Å². The maximum absolute atomic E-state index is 6.67.